The van der Waals surface area contributed by atoms with Crippen LogP contribution in [0.5, 0.6) is 11.5 Å². The number of nitrogens with zero attached hydrogens (tertiary/aromatic N) is 2. The highest BCUT2D eigenvalue weighted by Crippen LogP contribution is 2.46. The number of ether oxygens (including phenoxy) is 2. The number of fused-ring (bicyclic) bond motifs is 4. The zero-order valence-corrected chi connectivity index (χ0v) is 17.3. The van der Waals surface area contributed by atoms with Gasteiger partial charge in [0.05, 0.1) is 6.04 Å². The van der Waals surface area contributed by atoms with Crippen molar-refractivity contribution in [3.05, 3.63) is 83.4 Å². The van der Waals surface area contributed by atoms with Gasteiger partial charge in [-0.05, 0) is 40.5 Å². The third-order valence-electron chi connectivity index (χ3n) is 6.56. The normalized spacial score (nSPS) is 17.9. The summed E-state index contributed by atoms with van der Waals surface area (Å²) in [6.45, 7) is 4.21. The molecule has 31 heavy (non-hydrogen) atoms. The molecule has 3 aromatic carbocycles. The van der Waals surface area contributed by atoms with E-state index in [0.717, 1.165) is 13.1 Å². The number of benzene rings is 3. The highest BCUT2D eigenvalue weighted by molar-refractivity contribution is 5.95. The fraction of sp³-hybridized carbons (Fsp3) is 0.269. The van der Waals surface area contributed by atoms with Crippen molar-refractivity contribution in [1.82, 2.24) is 9.80 Å². The van der Waals surface area contributed by atoms with E-state index in [1.807, 2.05) is 23.1 Å². The summed E-state index contributed by atoms with van der Waals surface area (Å²) < 4.78 is 11.2. The van der Waals surface area contributed by atoms with Crippen LogP contribution in [0.2, 0.25) is 0 Å². The van der Waals surface area contributed by atoms with E-state index in [1.165, 1.54) is 22.3 Å². The average molecular weight is 412 g/mol. The molecule has 5 nitrogen and oxygen atoms in total. The molecule has 0 unspecified atom stereocenters. The van der Waals surface area contributed by atoms with Crippen molar-refractivity contribution in [1.29, 1.82) is 0 Å². The lowest BCUT2D eigenvalue weighted by Crippen LogP contribution is -2.49. The van der Waals surface area contributed by atoms with E-state index < -0.39 is 0 Å². The van der Waals surface area contributed by atoms with Gasteiger partial charge in [-0.1, -0.05) is 48.5 Å². The zero-order chi connectivity index (χ0) is 20.8. The highest BCUT2D eigenvalue weighted by Gasteiger charge is 2.35. The van der Waals surface area contributed by atoms with Crippen molar-refractivity contribution in [2.45, 2.75) is 6.04 Å². The van der Waals surface area contributed by atoms with Crippen LogP contribution >= 0.6 is 0 Å². The molecule has 3 aromatic rings. The van der Waals surface area contributed by atoms with Crippen LogP contribution < -0.4 is 9.47 Å². The van der Waals surface area contributed by atoms with Gasteiger partial charge >= 0.3 is 0 Å². The number of rotatable bonds is 2. The smallest absolute Gasteiger partial charge is 0.254 e. The van der Waals surface area contributed by atoms with Crippen molar-refractivity contribution in [3.63, 3.8) is 0 Å². The molecule has 0 radical (unpaired) electrons. The van der Waals surface area contributed by atoms with Crippen LogP contribution in [-0.2, 0) is 0 Å². The van der Waals surface area contributed by atoms with E-state index in [4.69, 9.17) is 9.47 Å². The lowest BCUT2D eigenvalue weighted by Gasteiger charge is -2.38. The predicted molar refractivity (Wildman–Crippen MR) is 119 cm³/mol. The van der Waals surface area contributed by atoms with Crippen molar-refractivity contribution in [2.75, 3.05) is 39.4 Å². The molecular formula is C26H24N2O3. The number of piperazine rings is 1. The fourth-order valence-electron chi connectivity index (χ4n) is 5.06. The molecule has 156 valence electrons. The largest absolute Gasteiger partial charge is 0.486 e. The summed E-state index contributed by atoms with van der Waals surface area (Å²) in [4.78, 5) is 17.6. The fourth-order valence-corrected chi connectivity index (χ4v) is 5.06. The van der Waals surface area contributed by atoms with Gasteiger partial charge in [0.2, 0.25) is 0 Å². The van der Waals surface area contributed by atoms with E-state index in [9.17, 15) is 4.79 Å². The van der Waals surface area contributed by atoms with Crippen molar-refractivity contribution in [3.8, 4) is 22.6 Å². The lowest BCUT2D eigenvalue weighted by atomic mass is 10.0. The number of amides is 1. The van der Waals surface area contributed by atoms with Crippen molar-refractivity contribution >= 4 is 5.91 Å². The maximum Gasteiger partial charge on any atom is 0.254 e. The Morgan fingerprint density at radius 1 is 0.742 bits per heavy atom. The van der Waals surface area contributed by atoms with Crippen LogP contribution in [0.4, 0.5) is 0 Å². The molecule has 0 spiro atoms. The summed E-state index contributed by atoms with van der Waals surface area (Å²) >= 11 is 0. The minimum atomic E-state index is 0.0591. The standard InChI is InChI=1S/C26H24N2O3/c29-26(18-9-10-23-24(17-18)31-16-15-30-23)28-13-11-27(12-14-28)25-21-7-3-1-5-19(21)20-6-2-4-8-22(20)25/h1-10,17,25H,11-16H2. The Hall–Kier alpha value is -3.31. The van der Waals surface area contributed by atoms with Gasteiger partial charge in [0.1, 0.15) is 13.2 Å². The molecule has 6 rings (SSSR count). The Kier molecular flexibility index (Phi) is 4.42. The van der Waals surface area contributed by atoms with Crippen LogP contribution in [0.1, 0.15) is 27.5 Å². The second-order valence-electron chi connectivity index (χ2n) is 8.26. The summed E-state index contributed by atoms with van der Waals surface area (Å²) in [7, 11) is 0. The quantitative estimate of drug-likeness (QED) is 0.638. The minimum absolute atomic E-state index is 0.0591. The van der Waals surface area contributed by atoms with Crippen LogP contribution in [0.3, 0.4) is 0 Å². The summed E-state index contributed by atoms with van der Waals surface area (Å²) in [5, 5.41) is 0. The number of hydrogen-bond acceptors (Lipinski definition) is 4. The highest BCUT2D eigenvalue weighted by atomic mass is 16.6. The topological polar surface area (TPSA) is 42.0 Å². The van der Waals surface area contributed by atoms with E-state index in [-0.39, 0.29) is 11.9 Å². The molecular weight excluding hydrogens is 388 g/mol. The Morgan fingerprint density at radius 3 is 2.03 bits per heavy atom. The van der Waals surface area contributed by atoms with Crippen molar-refractivity contribution < 1.29 is 14.3 Å². The molecule has 1 saturated heterocycles. The molecule has 0 aromatic heterocycles. The van der Waals surface area contributed by atoms with E-state index in [1.54, 1.807) is 0 Å². The van der Waals surface area contributed by atoms with E-state index in [0.29, 0.717) is 43.4 Å². The SMILES string of the molecule is O=C(c1ccc2c(c1)OCCO2)N1CCN(C2c3ccccc3-c3ccccc32)CC1. The monoisotopic (exact) mass is 412 g/mol. The Balaban J connectivity index is 1.20. The second-order valence-corrected chi connectivity index (χ2v) is 8.26. The van der Waals surface area contributed by atoms with Gasteiger partial charge in [-0.15, -0.1) is 0 Å². The van der Waals surface area contributed by atoms with Gasteiger partial charge in [0.25, 0.3) is 5.91 Å². The van der Waals surface area contributed by atoms with Gasteiger partial charge in [-0.25, -0.2) is 0 Å². The average Bonchev–Trinajstić information content (AvgIpc) is 3.18. The van der Waals surface area contributed by atoms with E-state index >= 15 is 0 Å². The first-order valence-electron chi connectivity index (χ1n) is 10.9. The van der Waals surface area contributed by atoms with Gasteiger partial charge in [-0.3, -0.25) is 9.69 Å². The molecule has 0 saturated carbocycles. The molecule has 2 aliphatic heterocycles. The predicted octanol–water partition coefficient (Wildman–Crippen LogP) is 3.99. The summed E-state index contributed by atoms with van der Waals surface area (Å²) in [5.41, 5.74) is 6.07. The first kappa shape index (κ1) is 18.5. The minimum Gasteiger partial charge on any atom is -0.486 e. The number of carbonyl (C=O) groups excluding carboxylic acids is 1. The molecule has 5 heteroatoms. The molecule has 0 atom stereocenters. The Labute approximate surface area is 181 Å². The number of carbonyl (C=O) groups is 1. The summed E-state index contributed by atoms with van der Waals surface area (Å²) in [5.74, 6) is 1.44. The van der Waals surface area contributed by atoms with Gasteiger partial charge in [0, 0.05) is 31.7 Å². The van der Waals surface area contributed by atoms with Crippen LogP contribution in [0.25, 0.3) is 11.1 Å². The molecule has 1 amide bonds. The van der Waals surface area contributed by atoms with Crippen LogP contribution in [0.15, 0.2) is 66.7 Å². The van der Waals surface area contributed by atoms with Gasteiger partial charge in [0.15, 0.2) is 11.5 Å². The maximum absolute atomic E-state index is 13.1. The first-order chi connectivity index (χ1) is 15.3. The Morgan fingerprint density at radius 2 is 1.35 bits per heavy atom. The molecule has 3 aliphatic rings. The van der Waals surface area contributed by atoms with Crippen molar-refractivity contribution in [2.24, 2.45) is 0 Å². The van der Waals surface area contributed by atoms with Crippen LogP contribution in [0, 0.1) is 0 Å². The Bertz CT molecular complexity index is 1110. The summed E-state index contributed by atoms with van der Waals surface area (Å²) in [6.07, 6.45) is 0. The molecule has 0 N–H and O–H groups in total. The van der Waals surface area contributed by atoms with E-state index in [2.05, 4.69) is 53.4 Å². The maximum atomic E-state index is 13.1. The second kappa shape index (κ2) is 7.43. The molecule has 1 fully saturated rings. The molecule has 2 heterocycles. The lowest BCUT2D eigenvalue weighted by molar-refractivity contribution is 0.0599. The number of hydrogen-bond donors (Lipinski definition) is 0. The van der Waals surface area contributed by atoms with Crippen LogP contribution in [-0.4, -0.2) is 55.1 Å². The molecule has 0 bridgehead atoms. The summed E-state index contributed by atoms with van der Waals surface area (Å²) in [6, 6.07) is 23.1. The van der Waals surface area contributed by atoms with Gasteiger partial charge in [-0.2, -0.15) is 0 Å². The third-order valence-corrected chi connectivity index (χ3v) is 6.56. The zero-order valence-electron chi connectivity index (χ0n) is 17.3. The van der Waals surface area contributed by atoms with Gasteiger partial charge < -0.3 is 14.4 Å². The molecule has 1 aliphatic carbocycles. The first-order valence-corrected chi connectivity index (χ1v) is 10.9. The third kappa shape index (κ3) is 3.08.